The maximum atomic E-state index is 14.1. The van der Waals surface area contributed by atoms with Crippen LogP contribution in [-0.4, -0.2) is 74.2 Å². The molecule has 2 amide bonds. The van der Waals surface area contributed by atoms with Crippen LogP contribution in [0.2, 0.25) is 10.0 Å². The van der Waals surface area contributed by atoms with E-state index in [4.69, 9.17) is 23.2 Å². The molecule has 12 heteroatoms. The van der Waals surface area contributed by atoms with Gasteiger partial charge in [-0.3, -0.25) is 19.2 Å². The molecule has 2 N–H and O–H groups in total. The SMILES string of the molecule is CCCCNCC[C@H](NC(=O)[C@@H]1C[C@@H](S(=O)(=O)c2ccccc2Cl)CN1C(=O)C1(c2ccc(Cl)cc2)CC1)C(=O)C=O. The van der Waals surface area contributed by atoms with E-state index in [1.54, 1.807) is 36.4 Å². The molecule has 4 rings (SSSR count). The monoisotopic (exact) mass is 635 g/mol. The van der Waals surface area contributed by atoms with Gasteiger partial charge in [0.15, 0.2) is 16.1 Å². The lowest BCUT2D eigenvalue weighted by molar-refractivity contribution is -0.141. The molecule has 0 spiro atoms. The number of halogens is 2. The Morgan fingerprint density at radius 1 is 1.07 bits per heavy atom. The fourth-order valence-corrected chi connectivity index (χ4v) is 7.80. The van der Waals surface area contributed by atoms with Gasteiger partial charge in [0.05, 0.1) is 26.6 Å². The van der Waals surface area contributed by atoms with Crippen molar-refractivity contribution in [2.45, 2.75) is 73.1 Å². The maximum absolute atomic E-state index is 14.1. The van der Waals surface area contributed by atoms with Crippen LogP contribution in [0.1, 0.15) is 51.0 Å². The predicted octanol–water partition coefficient (Wildman–Crippen LogP) is 3.50. The van der Waals surface area contributed by atoms with Crippen LogP contribution in [0.3, 0.4) is 0 Å². The highest BCUT2D eigenvalue weighted by Crippen LogP contribution is 2.51. The Morgan fingerprint density at radius 2 is 1.76 bits per heavy atom. The second-order valence-corrected chi connectivity index (χ2v) is 13.9. The first-order valence-electron chi connectivity index (χ1n) is 14.1. The van der Waals surface area contributed by atoms with Crippen LogP contribution < -0.4 is 10.6 Å². The van der Waals surface area contributed by atoms with Gasteiger partial charge in [-0.25, -0.2) is 8.42 Å². The number of amides is 2. The second-order valence-electron chi connectivity index (χ2n) is 10.9. The van der Waals surface area contributed by atoms with Crippen molar-refractivity contribution in [3.63, 3.8) is 0 Å². The van der Waals surface area contributed by atoms with Crippen LogP contribution in [0.25, 0.3) is 0 Å². The normalized spacial score (nSPS) is 20.1. The molecule has 1 aliphatic heterocycles. The van der Waals surface area contributed by atoms with Crippen molar-refractivity contribution < 1.29 is 27.6 Å². The van der Waals surface area contributed by atoms with E-state index in [0.29, 0.717) is 24.4 Å². The van der Waals surface area contributed by atoms with Crippen LogP contribution in [0.4, 0.5) is 0 Å². The standard InChI is InChI=1S/C30H35Cl2N3O6S/c1-2-3-15-33-16-12-24(26(37)19-36)34-28(38)25-17-22(42(40,41)27-7-5-4-6-23(27)32)18-35(25)29(39)30(13-14-30)20-8-10-21(31)11-9-20/h4-11,19,22,24-25,33H,2-3,12-18H2,1H3,(H,34,38)/t22-,24+,25+/m1/s1. The zero-order valence-electron chi connectivity index (χ0n) is 23.4. The molecule has 2 aromatic rings. The van der Waals surface area contributed by atoms with E-state index in [0.717, 1.165) is 24.9 Å². The Kier molecular flexibility index (Phi) is 10.5. The van der Waals surface area contributed by atoms with Gasteiger partial charge >= 0.3 is 0 Å². The first-order chi connectivity index (χ1) is 20.0. The van der Waals surface area contributed by atoms with Crippen LogP contribution in [0, 0.1) is 0 Å². The second kappa shape index (κ2) is 13.7. The number of rotatable bonds is 14. The highest BCUT2D eigenvalue weighted by atomic mass is 35.5. The molecular weight excluding hydrogens is 601 g/mol. The number of benzene rings is 2. The number of unbranched alkanes of at least 4 members (excludes halogenated alkanes) is 1. The van der Waals surface area contributed by atoms with Crippen molar-refractivity contribution in [2.24, 2.45) is 0 Å². The fraction of sp³-hybridized carbons (Fsp3) is 0.467. The minimum absolute atomic E-state index is 0.0512. The highest BCUT2D eigenvalue weighted by Gasteiger charge is 2.57. The van der Waals surface area contributed by atoms with Crippen LogP contribution in [0.5, 0.6) is 0 Å². The van der Waals surface area contributed by atoms with Gasteiger partial charge in [0.2, 0.25) is 17.6 Å². The van der Waals surface area contributed by atoms with Crippen LogP contribution in [0.15, 0.2) is 53.4 Å². The van der Waals surface area contributed by atoms with E-state index < -0.39 is 44.3 Å². The van der Waals surface area contributed by atoms with E-state index in [1.165, 1.54) is 17.0 Å². The number of nitrogens with one attached hydrogen (secondary N) is 2. The summed E-state index contributed by atoms with van der Waals surface area (Å²) in [6.07, 6.45) is 3.16. The largest absolute Gasteiger partial charge is 0.344 e. The smallest absolute Gasteiger partial charge is 0.243 e. The summed E-state index contributed by atoms with van der Waals surface area (Å²) in [4.78, 5) is 52.8. The number of nitrogens with zero attached hydrogens (tertiary/aromatic N) is 1. The zero-order valence-corrected chi connectivity index (χ0v) is 25.7. The number of Topliss-reactive ketones (excluding diaryl/α,β-unsaturated/α-hetero) is 1. The van der Waals surface area contributed by atoms with Crippen LogP contribution in [-0.2, 0) is 34.4 Å². The van der Waals surface area contributed by atoms with E-state index in [-0.39, 0.29) is 41.5 Å². The van der Waals surface area contributed by atoms with Gasteiger partial charge in [-0.1, -0.05) is 60.8 Å². The molecule has 2 aromatic carbocycles. The van der Waals surface area contributed by atoms with Gasteiger partial charge in [-0.2, -0.15) is 0 Å². The topological polar surface area (TPSA) is 130 Å². The lowest BCUT2D eigenvalue weighted by atomic mass is 9.94. The predicted molar refractivity (Wildman–Crippen MR) is 160 cm³/mol. The minimum Gasteiger partial charge on any atom is -0.344 e. The lowest BCUT2D eigenvalue weighted by Gasteiger charge is -2.29. The van der Waals surface area contributed by atoms with Gasteiger partial charge in [0, 0.05) is 11.6 Å². The van der Waals surface area contributed by atoms with Gasteiger partial charge in [0.1, 0.15) is 6.04 Å². The Balaban J connectivity index is 1.62. The molecule has 1 saturated heterocycles. The van der Waals surface area contributed by atoms with Gasteiger partial charge in [-0.15, -0.1) is 0 Å². The number of hydrogen-bond acceptors (Lipinski definition) is 7. The van der Waals surface area contributed by atoms with Gasteiger partial charge in [-0.05, 0) is 75.0 Å². The molecule has 9 nitrogen and oxygen atoms in total. The average molecular weight is 637 g/mol. The van der Waals surface area contributed by atoms with Crippen molar-refractivity contribution in [1.82, 2.24) is 15.5 Å². The number of likely N-dealkylation sites (tertiary alicyclic amines) is 1. The van der Waals surface area contributed by atoms with E-state index in [9.17, 15) is 27.6 Å². The first kappa shape index (κ1) is 32.1. The third-order valence-electron chi connectivity index (χ3n) is 8.06. The third kappa shape index (κ3) is 6.88. The fourth-order valence-electron chi connectivity index (χ4n) is 5.45. The number of ketones is 1. The minimum atomic E-state index is -4.03. The van der Waals surface area contributed by atoms with Crippen LogP contribution >= 0.6 is 23.2 Å². The number of carbonyl (C=O) groups excluding carboxylic acids is 4. The molecule has 1 heterocycles. The summed E-state index contributed by atoms with van der Waals surface area (Å²) < 4.78 is 27.4. The molecule has 3 atom stereocenters. The molecule has 1 aliphatic carbocycles. The van der Waals surface area contributed by atoms with Crippen molar-refractivity contribution in [3.05, 3.63) is 64.1 Å². The van der Waals surface area contributed by atoms with Crippen molar-refractivity contribution in [2.75, 3.05) is 19.6 Å². The number of hydrogen-bond donors (Lipinski definition) is 2. The zero-order chi connectivity index (χ0) is 30.5. The molecule has 0 bridgehead atoms. The maximum Gasteiger partial charge on any atom is 0.243 e. The quantitative estimate of drug-likeness (QED) is 0.185. The Labute approximate surface area is 256 Å². The molecule has 1 saturated carbocycles. The Hall–Kier alpha value is -2.79. The molecular formula is C30H35Cl2N3O6S. The summed E-state index contributed by atoms with van der Waals surface area (Å²) in [6.45, 7) is 2.95. The van der Waals surface area contributed by atoms with Crippen molar-refractivity contribution in [1.29, 1.82) is 0 Å². The molecule has 2 aliphatic rings. The molecule has 0 aromatic heterocycles. The van der Waals surface area contributed by atoms with Gasteiger partial charge in [0.25, 0.3) is 0 Å². The van der Waals surface area contributed by atoms with E-state index >= 15 is 0 Å². The summed E-state index contributed by atoms with van der Waals surface area (Å²) >= 11 is 12.3. The van der Waals surface area contributed by atoms with Crippen molar-refractivity contribution >= 4 is 56.9 Å². The average Bonchev–Trinajstić information content (AvgIpc) is 3.66. The highest BCUT2D eigenvalue weighted by molar-refractivity contribution is 7.92. The van der Waals surface area contributed by atoms with E-state index in [2.05, 4.69) is 10.6 Å². The molecule has 226 valence electrons. The molecule has 0 unspecified atom stereocenters. The summed E-state index contributed by atoms with van der Waals surface area (Å²) in [5.74, 6) is -1.83. The number of carbonyl (C=O) groups is 4. The molecule has 0 radical (unpaired) electrons. The molecule has 2 fully saturated rings. The first-order valence-corrected chi connectivity index (χ1v) is 16.4. The summed E-state index contributed by atoms with van der Waals surface area (Å²) in [5, 5.41) is 5.28. The lowest BCUT2D eigenvalue weighted by Crippen LogP contribution is -2.53. The Bertz CT molecular complexity index is 1430. The third-order valence-corrected chi connectivity index (χ3v) is 10.9. The van der Waals surface area contributed by atoms with E-state index in [1.807, 2.05) is 6.92 Å². The van der Waals surface area contributed by atoms with Crippen molar-refractivity contribution in [3.8, 4) is 0 Å². The van der Waals surface area contributed by atoms with Gasteiger partial charge < -0.3 is 15.5 Å². The summed E-state index contributed by atoms with van der Waals surface area (Å²) in [5.41, 5.74) is -0.159. The number of aldehydes is 1. The summed E-state index contributed by atoms with van der Waals surface area (Å²) in [6, 6.07) is 10.7. The molecule has 42 heavy (non-hydrogen) atoms. The number of sulfone groups is 1. The summed E-state index contributed by atoms with van der Waals surface area (Å²) in [7, 11) is -4.03. The Morgan fingerprint density at radius 3 is 2.38 bits per heavy atom.